The summed E-state index contributed by atoms with van der Waals surface area (Å²) < 4.78 is 0. The van der Waals surface area contributed by atoms with E-state index in [9.17, 15) is 0 Å². The van der Waals surface area contributed by atoms with Crippen LogP contribution in [0.3, 0.4) is 0 Å². The molecule has 17 heavy (non-hydrogen) atoms. The predicted molar refractivity (Wildman–Crippen MR) is 73.5 cm³/mol. The molecule has 2 rings (SSSR count). The molecule has 0 amide bonds. The van der Waals surface area contributed by atoms with Crippen LogP contribution in [0.2, 0.25) is 0 Å². The second-order valence-electron chi connectivity index (χ2n) is 4.27. The van der Waals surface area contributed by atoms with Gasteiger partial charge in [0, 0.05) is 24.5 Å². The van der Waals surface area contributed by atoms with Crippen molar-refractivity contribution in [1.29, 1.82) is 0 Å². The van der Waals surface area contributed by atoms with Gasteiger partial charge < -0.3 is 10.6 Å². The summed E-state index contributed by atoms with van der Waals surface area (Å²) in [6.07, 6.45) is 0. The first-order chi connectivity index (χ1) is 8.18. The van der Waals surface area contributed by atoms with Crippen molar-refractivity contribution in [3.8, 4) is 0 Å². The molecule has 2 N–H and O–H groups in total. The molecule has 0 heterocycles. The van der Waals surface area contributed by atoms with Crippen LogP contribution in [0.5, 0.6) is 0 Å². The van der Waals surface area contributed by atoms with Crippen LogP contribution in [0.4, 0.5) is 11.4 Å². The highest BCUT2D eigenvalue weighted by Crippen LogP contribution is 2.24. The lowest BCUT2D eigenvalue weighted by Crippen LogP contribution is -2.10. The highest BCUT2D eigenvalue weighted by atomic mass is 15.1. The molecule has 2 nitrogen and oxygen atoms in total. The third-order valence-electron chi connectivity index (χ3n) is 2.95. The summed E-state index contributed by atoms with van der Waals surface area (Å²) in [5.74, 6) is 0. The van der Waals surface area contributed by atoms with E-state index in [-0.39, 0.29) is 6.04 Å². The Hall–Kier alpha value is -1.80. The van der Waals surface area contributed by atoms with Gasteiger partial charge in [-0.15, -0.1) is 0 Å². The first-order valence-electron chi connectivity index (χ1n) is 5.83. The molecular formula is C15H18N2. The average Bonchev–Trinajstić information content (AvgIpc) is 2.39. The van der Waals surface area contributed by atoms with Gasteiger partial charge >= 0.3 is 0 Å². The number of para-hydroxylation sites is 1. The molecule has 0 spiro atoms. The van der Waals surface area contributed by atoms with Gasteiger partial charge in [-0.1, -0.05) is 30.3 Å². The van der Waals surface area contributed by atoms with Crippen LogP contribution in [0, 0.1) is 0 Å². The Morgan fingerprint density at radius 3 is 1.94 bits per heavy atom. The third-order valence-corrected chi connectivity index (χ3v) is 2.95. The van der Waals surface area contributed by atoms with E-state index in [1.807, 2.05) is 25.1 Å². The Morgan fingerprint density at radius 2 is 1.41 bits per heavy atom. The Balaban J connectivity index is 2.23. The second kappa shape index (κ2) is 5.02. The van der Waals surface area contributed by atoms with E-state index in [1.165, 1.54) is 11.4 Å². The maximum absolute atomic E-state index is 5.84. The van der Waals surface area contributed by atoms with Crippen LogP contribution < -0.4 is 10.6 Å². The SMILES string of the molecule is C[C@@H](N)c1ccc(N(C)c2ccccc2)cc1. The van der Waals surface area contributed by atoms with E-state index in [4.69, 9.17) is 5.73 Å². The van der Waals surface area contributed by atoms with Crippen molar-refractivity contribution < 1.29 is 0 Å². The molecule has 0 fully saturated rings. The zero-order valence-corrected chi connectivity index (χ0v) is 10.3. The van der Waals surface area contributed by atoms with Gasteiger partial charge in [-0.3, -0.25) is 0 Å². The molecule has 2 aromatic rings. The van der Waals surface area contributed by atoms with Gasteiger partial charge in [0.15, 0.2) is 0 Å². The van der Waals surface area contributed by atoms with Crippen molar-refractivity contribution in [1.82, 2.24) is 0 Å². The topological polar surface area (TPSA) is 29.3 Å². The second-order valence-corrected chi connectivity index (χ2v) is 4.27. The summed E-state index contributed by atoms with van der Waals surface area (Å²) in [5.41, 5.74) is 9.35. The summed E-state index contributed by atoms with van der Waals surface area (Å²) in [4.78, 5) is 2.16. The lowest BCUT2D eigenvalue weighted by atomic mass is 10.1. The monoisotopic (exact) mass is 226 g/mol. The molecule has 0 unspecified atom stereocenters. The predicted octanol–water partition coefficient (Wildman–Crippen LogP) is 3.47. The Bertz CT molecular complexity index is 460. The molecular weight excluding hydrogens is 208 g/mol. The van der Waals surface area contributed by atoms with Gasteiger partial charge in [0.2, 0.25) is 0 Å². The summed E-state index contributed by atoms with van der Waals surface area (Å²) >= 11 is 0. The van der Waals surface area contributed by atoms with E-state index in [2.05, 4.69) is 48.3 Å². The van der Waals surface area contributed by atoms with E-state index >= 15 is 0 Å². The fraction of sp³-hybridized carbons (Fsp3) is 0.200. The van der Waals surface area contributed by atoms with Crippen LogP contribution >= 0.6 is 0 Å². The van der Waals surface area contributed by atoms with Crippen molar-refractivity contribution in [2.75, 3.05) is 11.9 Å². The zero-order chi connectivity index (χ0) is 12.3. The van der Waals surface area contributed by atoms with Crippen molar-refractivity contribution in [3.05, 3.63) is 60.2 Å². The minimum absolute atomic E-state index is 0.0890. The van der Waals surface area contributed by atoms with Crippen molar-refractivity contribution in [2.24, 2.45) is 5.73 Å². The van der Waals surface area contributed by atoms with Gasteiger partial charge in [-0.25, -0.2) is 0 Å². The highest BCUT2D eigenvalue weighted by Gasteiger charge is 2.04. The average molecular weight is 226 g/mol. The molecule has 0 aromatic heterocycles. The van der Waals surface area contributed by atoms with E-state index in [0.717, 1.165) is 5.56 Å². The van der Waals surface area contributed by atoms with Crippen LogP contribution in [-0.4, -0.2) is 7.05 Å². The Labute approximate surface area is 103 Å². The van der Waals surface area contributed by atoms with Gasteiger partial charge in [0.05, 0.1) is 0 Å². The molecule has 0 radical (unpaired) electrons. The van der Waals surface area contributed by atoms with Crippen LogP contribution in [0.25, 0.3) is 0 Å². The standard InChI is InChI=1S/C15H18N2/c1-12(16)13-8-10-15(11-9-13)17(2)14-6-4-3-5-7-14/h3-12H,16H2,1-2H3/t12-/m1/s1. The van der Waals surface area contributed by atoms with E-state index in [1.54, 1.807) is 0 Å². The third kappa shape index (κ3) is 2.66. The Morgan fingerprint density at radius 1 is 0.882 bits per heavy atom. The summed E-state index contributed by atoms with van der Waals surface area (Å²) in [6.45, 7) is 2.00. The first-order valence-corrected chi connectivity index (χ1v) is 5.83. The quantitative estimate of drug-likeness (QED) is 0.868. The number of nitrogens with zero attached hydrogens (tertiary/aromatic N) is 1. The van der Waals surface area contributed by atoms with Crippen LogP contribution in [0.1, 0.15) is 18.5 Å². The molecule has 2 aromatic carbocycles. The molecule has 0 bridgehead atoms. The lowest BCUT2D eigenvalue weighted by Gasteiger charge is -2.20. The fourth-order valence-corrected chi connectivity index (χ4v) is 1.80. The number of nitrogens with two attached hydrogens (primary N) is 1. The van der Waals surface area contributed by atoms with Crippen LogP contribution in [-0.2, 0) is 0 Å². The molecule has 1 atom stereocenters. The molecule has 0 saturated carbocycles. The number of anilines is 2. The molecule has 0 aliphatic carbocycles. The molecule has 2 heteroatoms. The number of rotatable bonds is 3. The lowest BCUT2D eigenvalue weighted by molar-refractivity contribution is 0.818. The molecule has 0 aliphatic heterocycles. The number of hydrogen-bond donors (Lipinski definition) is 1. The first kappa shape index (κ1) is 11.7. The summed E-state index contributed by atoms with van der Waals surface area (Å²) in [5, 5.41) is 0. The fourth-order valence-electron chi connectivity index (χ4n) is 1.80. The largest absolute Gasteiger partial charge is 0.345 e. The van der Waals surface area contributed by atoms with E-state index in [0.29, 0.717) is 0 Å². The summed E-state index contributed by atoms with van der Waals surface area (Å²) in [6, 6.07) is 18.8. The zero-order valence-electron chi connectivity index (χ0n) is 10.3. The van der Waals surface area contributed by atoms with E-state index < -0.39 is 0 Å². The van der Waals surface area contributed by atoms with Gasteiger partial charge in [0.1, 0.15) is 0 Å². The summed E-state index contributed by atoms with van der Waals surface area (Å²) in [7, 11) is 2.07. The molecule has 88 valence electrons. The minimum atomic E-state index is 0.0890. The van der Waals surface area contributed by atoms with Crippen molar-refractivity contribution in [2.45, 2.75) is 13.0 Å². The molecule has 0 saturated heterocycles. The van der Waals surface area contributed by atoms with Crippen molar-refractivity contribution in [3.63, 3.8) is 0 Å². The minimum Gasteiger partial charge on any atom is -0.345 e. The maximum Gasteiger partial charge on any atom is 0.0408 e. The Kier molecular flexibility index (Phi) is 3.45. The molecule has 0 aliphatic rings. The van der Waals surface area contributed by atoms with Gasteiger partial charge in [0.25, 0.3) is 0 Å². The normalized spacial score (nSPS) is 12.2. The van der Waals surface area contributed by atoms with Gasteiger partial charge in [-0.2, -0.15) is 0 Å². The van der Waals surface area contributed by atoms with Crippen LogP contribution in [0.15, 0.2) is 54.6 Å². The maximum atomic E-state index is 5.84. The van der Waals surface area contributed by atoms with Gasteiger partial charge in [-0.05, 0) is 36.8 Å². The number of benzene rings is 2. The highest BCUT2D eigenvalue weighted by molar-refractivity contribution is 5.62. The number of hydrogen-bond acceptors (Lipinski definition) is 2. The van der Waals surface area contributed by atoms with Crippen molar-refractivity contribution >= 4 is 11.4 Å². The smallest absolute Gasteiger partial charge is 0.0408 e.